The molecule has 1 amide bonds. The zero-order valence-electron chi connectivity index (χ0n) is 14.8. The molecule has 0 fully saturated rings. The number of carbonyl (C=O) groups is 1. The van der Waals surface area contributed by atoms with Gasteiger partial charge in [0.2, 0.25) is 15.9 Å². The van der Waals surface area contributed by atoms with Crippen LogP contribution < -0.4 is 9.62 Å². The molecule has 0 aromatic heterocycles. The molecule has 0 heterocycles. The Bertz CT molecular complexity index is 965. The van der Waals surface area contributed by atoms with Gasteiger partial charge in [0.1, 0.15) is 12.4 Å². The highest BCUT2D eigenvalue weighted by Crippen LogP contribution is 2.29. The molecule has 0 bridgehead atoms. The van der Waals surface area contributed by atoms with E-state index in [1.165, 1.54) is 17.7 Å². The Morgan fingerprint density at radius 1 is 1.30 bits per heavy atom. The lowest BCUT2D eigenvalue weighted by atomic mass is 9.88. The molecular formula is C19H20ClFN2O3S. The predicted octanol–water partition coefficient (Wildman–Crippen LogP) is 3.44. The third kappa shape index (κ3) is 4.59. The van der Waals surface area contributed by atoms with Crippen LogP contribution in [0.15, 0.2) is 42.5 Å². The molecule has 0 aliphatic heterocycles. The maximum absolute atomic E-state index is 13.4. The van der Waals surface area contributed by atoms with Crippen LogP contribution in [0.4, 0.5) is 10.1 Å². The zero-order chi connectivity index (χ0) is 19.6. The van der Waals surface area contributed by atoms with Gasteiger partial charge in [-0.2, -0.15) is 0 Å². The van der Waals surface area contributed by atoms with Crippen molar-refractivity contribution in [1.82, 2.24) is 5.32 Å². The number of sulfonamides is 1. The number of anilines is 1. The maximum Gasteiger partial charge on any atom is 0.241 e. The maximum atomic E-state index is 13.4. The minimum atomic E-state index is -3.75. The van der Waals surface area contributed by atoms with Crippen molar-refractivity contribution in [3.63, 3.8) is 0 Å². The summed E-state index contributed by atoms with van der Waals surface area (Å²) < 4.78 is 38.6. The molecule has 1 atom stereocenters. The first-order valence-electron chi connectivity index (χ1n) is 8.55. The van der Waals surface area contributed by atoms with E-state index in [2.05, 4.69) is 5.32 Å². The summed E-state index contributed by atoms with van der Waals surface area (Å²) in [4.78, 5) is 12.6. The number of hydrogen-bond donors (Lipinski definition) is 1. The summed E-state index contributed by atoms with van der Waals surface area (Å²) in [5, 5.41) is 2.72. The molecule has 0 saturated heterocycles. The predicted molar refractivity (Wildman–Crippen MR) is 104 cm³/mol. The van der Waals surface area contributed by atoms with Crippen LogP contribution in [0.1, 0.15) is 30.0 Å². The van der Waals surface area contributed by atoms with E-state index in [0.29, 0.717) is 0 Å². The van der Waals surface area contributed by atoms with Crippen LogP contribution in [-0.4, -0.2) is 27.1 Å². The normalized spacial score (nSPS) is 16.5. The van der Waals surface area contributed by atoms with Crippen LogP contribution in [0, 0.1) is 5.82 Å². The Hall–Kier alpha value is -2.12. The molecule has 3 rings (SSSR count). The van der Waals surface area contributed by atoms with E-state index in [1.807, 2.05) is 24.3 Å². The van der Waals surface area contributed by atoms with Crippen molar-refractivity contribution < 1.29 is 17.6 Å². The SMILES string of the molecule is CS(=O)(=O)N(CC(=O)N[C@@H]1CCCc2ccccc21)c1ccc(F)c(Cl)c1. The lowest BCUT2D eigenvalue weighted by Gasteiger charge is -2.28. The minimum Gasteiger partial charge on any atom is -0.348 e. The van der Waals surface area contributed by atoms with E-state index in [9.17, 15) is 17.6 Å². The minimum absolute atomic E-state index is 0.142. The van der Waals surface area contributed by atoms with Gasteiger partial charge in [0.25, 0.3) is 0 Å². The van der Waals surface area contributed by atoms with Crippen LogP contribution in [-0.2, 0) is 21.2 Å². The van der Waals surface area contributed by atoms with Crippen LogP contribution in [0.2, 0.25) is 5.02 Å². The molecule has 1 aliphatic rings. The lowest BCUT2D eigenvalue weighted by Crippen LogP contribution is -2.42. The molecule has 0 radical (unpaired) electrons. The highest BCUT2D eigenvalue weighted by Gasteiger charge is 2.25. The number of amides is 1. The highest BCUT2D eigenvalue weighted by atomic mass is 35.5. The summed E-state index contributed by atoms with van der Waals surface area (Å²) in [6.07, 6.45) is 3.70. The fraction of sp³-hybridized carbons (Fsp3) is 0.316. The second-order valence-electron chi connectivity index (χ2n) is 6.58. The number of fused-ring (bicyclic) bond motifs is 1. The number of aryl methyl sites for hydroxylation is 1. The van der Waals surface area contributed by atoms with E-state index in [0.717, 1.165) is 41.5 Å². The summed E-state index contributed by atoms with van der Waals surface area (Å²) in [7, 11) is -3.75. The van der Waals surface area contributed by atoms with Gasteiger partial charge in [0.05, 0.1) is 23.0 Å². The van der Waals surface area contributed by atoms with Crippen molar-refractivity contribution in [2.24, 2.45) is 0 Å². The topological polar surface area (TPSA) is 66.5 Å². The smallest absolute Gasteiger partial charge is 0.241 e. The number of nitrogens with zero attached hydrogens (tertiary/aromatic N) is 1. The van der Waals surface area contributed by atoms with Crippen molar-refractivity contribution in [2.45, 2.75) is 25.3 Å². The fourth-order valence-electron chi connectivity index (χ4n) is 3.31. The van der Waals surface area contributed by atoms with Crippen LogP contribution in [0.25, 0.3) is 0 Å². The first-order chi connectivity index (χ1) is 12.8. The van der Waals surface area contributed by atoms with Gasteiger partial charge in [-0.15, -0.1) is 0 Å². The van der Waals surface area contributed by atoms with Crippen LogP contribution >= 0.6 is 11.6 Å². The number of nitrogens with one attached hydrogen (secondary N) is 1. The van der Waals surface area contributed by atoms with Gasteiger partial charge in [-0.1, -0.05) is 35.9 Å². The lowest BCUT2D eigenvalue weighted by molar-refractivity contribution is -0.120. The number of rotatable bonds is 5. The van der Waals surface area contributed by atoms with E-state index in [4.69, 9.17) is 11.6 Å². The largest absolute Gasteiger partial charge is 0.348 e. The van der Waals surface area contributed by atoms with Gasteiger partial charge in [0, 0.05) is 0 Å². The molecule has 144 valence electrons. The molecule has 1 N–H and O–H groups in total. The fourth-order valence-corrected chi connectivity index (χ4v) is 4.34. The molecule has 2 aromatic rings. The van der Waals surface area contributed by atoms with Crippen molar-refractivity contribution in [3.8, 4) is 0 Å². The number of hydrogen-bond acceptors (Lipinski definition) is 3. The van der Waals surface area contributed by atoms with Gasteiger partial charge in [-0.25, -0.2) is 12.8 Å². The van der Waals surface area contributed by atoms with Gasteiger partial charge >= 0.3 is 0 Å². The second kappa shape index (κ2) is 7.86. The summed E-state index contributed by atoms with van der Waals surface area (Å²) in [6.45, 7) is -0.403. The summed E-state index contributed by atoms with van der Waals surface area (Å²) in [5.74, 6) is -1.08. The van der Waals surface area contributed by atoms with Crippen molar-refractivity contribution >= 4 is 33.2 Å². The molecule has 8 heteroatoms. The Morgan fingerprint density at radius 3 is 2.74 bits per heavy atom. The highest BCUT2D eigenvalue weighted by molar-refractivity contribution is 7.92. The third-order valence-electron chi connectivity index (χ3n) is 4.58. The summed E-state index contributed by atoms with van der Waals surface area (Å²) in [5.41, 5.74) is 2.40. The summed E-state index contributed by atoms with van der Waals surface area (Å²) >= 11 is 5.76. The molecule has 0 unspecified atom stereocenters. The summed E-state index contributed by atoms with van der Waals surface area (Å²) in [6, 6.07) is 11.3. The van der Waals surface area contributed by atoms with Crippen LogP contribution in [0.5, 0.6) is 0 Å². The standard InChI is InChI=1S/C19H20ClFN2O3S/c1-27(25,26)23(14-9-10-17(21)16(20)11-14)12-19(24)22-18-8-4-6-13-5-2-3-7-15(13)18/h2-3,5,7,9-11,18H,4,6,8,12H2,1H3,(H,22,24)/t18-/m1/s1. The molecule has 1 aliphatic carbocycles. The van der Waals surface area contributed by atoms with Crippen LogP contribution in [0.3, 0.4) is 0 Å². The van der Waals surface area contributed by atoms with E-state index >= 15 is 0 Å². The Morgan fingerprint density at radius 2 is 2.04 bits per heavy atom. The Kier molecular flexibility index (Phi) is 5.72. The Balaban J connectivity index is 1.79. The second-order valence-corrected chi connectivity index (χ2v) is 8.89. The quantitative estimate of drug-likeness (QED) is 0.821. The molecule has 27 heavy (non-hydrogen) atoms. The van der Waals surface area contributed by atoms with Crippen molar-refractivity contribution in [3.05, 3.63) is 64.4 Å². The van der Waals surface area contributed by atoms with Gasteiger partial charge in [0.15, 0.2) is 0 Å². The van der Waals surface area contributed by atoms with Crippen molar-refractivity contribution in [1.29, 1.82) is 0 Å². The van der Waals surface area contributed by atoms with E-state index in [1.54, 1.807) is 0 Å². The number of benzene rings is 2. The molecule has 5 nitrogen and oxygen atoms in total. The number of carbonyl (C=O) groups excluding carboxylic acids is 1. The molecular weight excluding hydrogens is 391 g/mol. The first-order valence-corrected chi connectivity index (χ1v) is 10.8. The van der Waals surface area contributed by atoms with Gasteiger partial charge < -0.3 is 5.32 Å². The first kappa shape index (κ1) is 19.6. The number of halogens is 2. The molecule has 0 spiro atoms. The Labute approximate surface area is 163 Å². The van der Waals surface area contributed by atoms with E-state index in [-0.39, 0.29) is 16.8 Å². The molecule has 0 saturated carbocycles. The van der Waals surface area contributed by atoms with Gasteiger partial charge in [-0.05, 0) is 48.6 Å². The third-order valence-corrected chi connectivity index (χ3v) is 6.01. The van der Waals surface area contributed by atoms with Crippen molar-refractivity contribution in [2.75, 3.05) is 17.1 Å². The molecule has 2 aromatic carbocycles. The average Bonchev–Trinajstić information content (AvgIpc) is 2.61. The van der Waals surface area contributed by atoms with Gasteiger partial charge in [-0.3, -0.25) is 9.10 Å². The monoisotopic (exact) mass is 410 g/mol. The van der Waals surface area contributed by atoms with E-state index < -0.39 is 28.3 Å². The zero-order valence-corrected chi connectivity index (χ0v) is 16.4. The average molecular weight is 411 g/mol.